The molecule has 4 atom stereocenters. The third kappa shape index (κ3) is 8.66. The van der Waals surface area contributed by atoms with Gasteiger partial charge in [-0.05, 0) is 45.9 Å². The third-order valence-electron chi connectivity index (χ3n) is 5.81. The van der Waals surface area contributed by atoms with Crippen molar-refractivity contribution in [2.75, 3.05) is 0 Å². The van der Waals surface area contributed by atoms with Gasteiger partial charge in [-0.2, -0.15) is 0 Å². The summed E-state index contributed by atoms with van der Waals surface area (Å²) in [5.41, 5.74) is 17.2. The monoisotopic (exact) mass is 484 g/mol. The van der Waals surface area contributed by atoms with E-state index in [0.29, 0.717) is 12.8 Å². The maximum absolute atomic E-state index is 10.6. The Hall–Kier alpha value is -1.14. The number of hydrogen-bond acceptors (Lipinski definition) is 4. The molecule has 4 nitrogen and oxygen atoms in total. The lowest BCUT2D eigenvalue weighted by Crippen LogP contribution is -2.52. The number of aliphatic hydroxyl groups excluding tert-OH is 2. The molecule has 0 aliphatic rings. The lowest BCUT2D eigenvalue weighted by molar-refractivity contribution is -0.00976. The van der Waals surface area contributed by atoms with Gasteiger partial charge >= 0.3 is 0 Å². The van der Waals surface area contributed by atoms with Crippen molar-refractivity contribution in [2.45, 2.75) is 89.5 Å². The molecule has 0 saturated heterocycles. The summed E-state index contributed by atoms with van der Waals surface area (Å²) >= 11 is 0. The van der Waals surface area contributed by atoms with Gasteiger partial charge < -0.3 is 21.7 Å². The van der Waals surface area contributed by atoms with Crippen molar-refractivity contribution in [1.29, 1.82) is 0 Å². The average Bonchev–Trinajstić information content (AvgIpc) is 2.66. The number of rotatable bonds is 7. The highest BCUT2D eigenvalue weighted by Gasteiger charge is 2.29. The first-order valence-corrected chi connectivity index (χ1v) is 10.8. The molecule has 32 heavy (non-hydrogen) atoms. The fourth-order valence-electron chi connectivity index (χ4n) is 3.57. The van der Waals surface area contributed by atoms with Crippen LogP contribution in [0, 0.1) is 0 Å². The molecular formula is C26H42Cl2N2O2. The minimum Gasteiger partial charge on any atom is -0.389 e. The van der Waals surface area contributed by atoms with Crippen LogP contribution in [0.3, 0.4) is 0 Å². The second-order valence-corrected chi connectivity index (χ2v) is 10.6. The standard InChI is InChI=1S/C26H40N2O2.2ClH/c1-25(2,3)19-11-7-17(8-12-19)15-21(27)23(29)24(30)22(28)16-18-9-13-20(14-10-18)26(4,5)6;;/h7-14,21-24,29-30H,15-16,27-28H2,1-6H3;2*1H/t21-,22-,23+,24+;;/m0../s1. The van der Waals surface area contributed by atoms with E-state index >= 15 is 0 Å². The van der Waals surface area contributed by atoms with E-state index in [1.54, 1.807) is 0 Å². The van der Waals surface area contributed by atoms with E-state index in [9.17, 15) is 10.2 Å². The van der Waals surface area contributed by atoms with Crippen LogP contribution in [0.25, 0.3) is 0 Å². The summed E-state index contributed by atoms with van der Waals surface area (Å²) in [4.78, 5) is 0. The van der Waals surface area contributed by atoms with Gasteiger partial charge in [-0.1, -0.05) is 90.1 Å². The highest BCUT2D eigenvalue weighted by Crippen LogP contribution is 2.24. The first-order valence-electron chi connectivity index (χ1n) is 10.8. The average molecular weight is 486 g/mol. The Morgan fingerprint density at radius 1 is 0.594 bits per heavy atom. The second kappa shape index (κ2) is 12.4. The molecule has 6 N–H and O–H groups in total. The first-order chi connectivity index (χ1) is 13.8. The summed E-state index contributed by atoms with van der Waals surface area (Å²) < 4.78 is 0. The molecule has 2 aromatic rings. The van der Waals surface area contributed by atoms with Gasteiger partial charge in [0.05, 0.1) is 12.2 Å². The Kier molecular flexibility index (Phi) is 11.9. The van der Waals surface area contributed by atoms with Crippen LogP contribution in [0.1, 0.15) is 63.8 Å². The quantitative estimate of drug-likeness (QED) is 0.471. The summed E-state index contributed by atoms with van der Waals surface area (Å²) in [6, 6.07) is 15.4. The SMILES string of the molecule is CC(C)(C)c1ccc(C[C@H](N)[C@@H](O)[C@H](O)[C@@H](N)Cc2ccc(C(C)(C)C)cc2)cc1.Cl.Cl. The van der Waals surface area contributed by atoms with Crippen molar-refractivity contribution in [1.82, 2.24) is 0 Å². The predicted octanol–water partition coefficient (Wildman–Crippen LogP) is 4.29. The van der Waals surface area contributed by atoms with E-state index in [4.69, 9.17) is 11.5 Å². The van der Waals surface area contributed by atoms with E-state index in [0.717, 1.165) is 11.1 Å². The Morgan fingerprint density at radius 2 is 0.844 bits per heavy atom. The summed E-state index contributed by atoms with van der Waals surface area (Å²) in [5, 5.41) is 21.2. The van der Waals surface area contributed by atoms with Gasteiger partial charge in [0.25, 0.3) is 0 Å². The molecule has 0 aromatic heterocycles. The van der Waals surface area contributed by atoms with E-state index < -0.39 is 24.3 Å². The molecule has 182 valence electrons. The van der Waals surface area contributed by atoms with Gasteiger partial charge in [-0.3, -0.25) is 0 Å². The fraction of sp³-hybridized carbons (Fsp3) is 0.538. The number of nitrogens with two attached hydrogens (primary N) is 2. The summed E-state index contributed by atoms with van der Waals surface area (Å²) in [5.74, 6) is 0. The van der Waals surface area contributed by atoms with Crippen LogP contribution in [0.2, 0.25) is 0 Å². The van der Waals surface area contributed by atoms with Crippen molar-refractivity contribution in [3.8, 4) is 0 Å². The maximum Gasteiger partial charge on any atom is 0.0968 e. The third-order valence-corrected chi connectivity index (χ3v) is 5.81. The van der Waals surface area contributed by atoms with E-state index in [-0.39, 0.29) is 35.6 Å². The van der Waals surface area contributed by atoms with Gasteiger partial charge in [-0.25, -0.2) is 0 Å². The van der Waals surface area contributed by atoms with Gasteiger partial charge in [0.1, 0.15) is 0 Å². The molecule has 0 bridgehead atoms. The minimum atomic E-state index is -1.09. The predicted molar refractivity (Wildman–Crippen MR) is 140 cm³/mol. The Bertz CT molecular complexity index is 727. The van der Waals surface area contributed by atoms with Crippen molar-refractivity contribution in [3.05, 3.63) is 70.8 Å². The topological polar surface area (TPSA) is 92.5 Å². The molecule has 0 aliphatic heterocycles. The smallest absolute Gasteiger partial charge is 0.0968 e. The molecule has 0 heterocycles. The molecule has 0 radical (unpaired) electrons. The zero-order valence-electron chi connectivity index (χ0n) is 20.2. The fourth-order valence-corrected chi connectivity index (χ4v) is 3.57. The highest BCUT2D eigenvalue weighted by molar-refractivity contribution is 5.85. The summed E-state index contributed by atoms with van der Waals surface area (Å²) in [6.45, 7) is 13.0. The van der Waals surface area contributed by atoms with Gasteiger partial charge in [0.15, 0.2) is 0 Å². The highest BCUT2D eigenvalue weighted by atomic mass is 35.5. The molecule has 0 spiro atoms. The number of benzene rings is 2. The summed E-state index contributed by atoms with van der Waals surface area (Å²) in [7, 11) is 0. The molecule has 2 aromatic carbocycles. The van der Waals surface area contributed by atoms with Crippen LogP contribution in [0.4, 0.5) is 0 Å². The van der Waals surface area contributed by atoms with Crippen LogP contribution < -0.4 is 11.5 Å². The number of hydrogen-bond donors (Lipinski definition) is 4. The molecule has 0 unspecified atom stereocenters. The molecule has 0 amide bonds. The zero-order valence-corrected chi connectivity index (χ0v) is 21.8. The lowest BCUT2D eigenvalue weighted by Gasteiger charge is -2.28. The minimum absolute atomic E-state index is 0. The lowest BCUT2D eigenvalue weighted by atomic mass is 9.85. The molecule has 2 rings (SSSR count). The van der Waals surface area contributed by atoms with Crippen molar-refractivity contribution in [2.24, 2.45) is 11.5 Å². The largest absolute Gasteiger partial charge is 0.389 e. The maximum atomic E-state index is 10.6. The molecule has 0 fully saturated rings. The normalized spacial score (nSPS) is 15.7. The second-order valence-electron chi connectivity index (χ2n) is 10.6. The van der Waals surface area contributed by atoms with Crippen molar-refractivity contribution < 1.29 is 10.2 Å². The van der Waals surface area contributed by atoms with Gasteiger partial charge in [0, 0.05) is 12.1 Å². The van der Waals surface area contributed by atoms with Crippen LogP contribution in [0.15, 0.2) is 48.5 Å². The van der Waals surface area contributed by atoms with Gasteiger partial charge in [-0.15, -0.1) is 24.8 Å². The summed E-state index contributed by atoms with van der Waals surface area (Å²) in [6.07, 6.45) is -1.21. The van der Waals surface area contributed by atoms with Crippen LogP contribution in [0.5, 0.6) is 0 Å². The molecule has 0 saturated carbocycles. The Morgan fingerprint density at radius 3 is 1.06 bits per heavy atom. The molecule has 6 heteroatoms. The van der Waals surface area contributed by atoms with Crippen LogP contribution in [-0.4, -0.2) is 34.5 Å². The van der Waals surface area contributed by atoms with Crippen LogP contribution in [-0.2, 0) is 23.7 Å². The zero-order chi connectivity index (χ0) is 22.7. The van der Waals surface area contributed by atoms with Crippen molar-refractivity contribution >= 4 is 24.8 Å². The Labute approximate surface area is 206 Å². The van der Waals surface area contributed by atoms with E-state index in [1.165, 1.54) is 11.1 Å². The number of aliphatic hydroxyl groups is 2. The van der Waals surface area contributed by atoms with Crippen molar-refractivity contribution in [3.63, 3.8) is 0 Å². The molecule has 0 aliphatic carbocycles. The molecular weight excluding hydrogens is 443 g/mol. The van der Waals surface area contributed by atoms with E-state index in [1.807, 2.05) is 24.3 Å². The number of halogens is 2. The van der Waals surface area contributed by atoms with E-state index in [2.05, 4.69) is 65.8 Å². The van der Waals surface area contributed by atoms with Gasteiger partial charge in [0.2, 0.25) is 0 Å². The first kappa shape index (κ1) is 30.9. The van der Waals surface area contributed by atoms with Crippen LogP contribution >= 0.6 is 24.8 Å². The Balaban J connectivity index is 0.00000480.